The fraction of sp³-hybridized carbons (Fsp3) is 0.455. The minimum atomic E-state index is -4.65. The van der Waals surface area contributed by atoms with Gasteiger partial charge < -0.3 is 0 Å². The van der Waals surface area contributed by atoms with Crippen LogP contribution in [0.5, 0.6) is 0 Å². The number of rotatable bonds is 2. The number of amides is 1. The third-order valence-corrected chi connectivity index (χ3v) is 2.51. The van der Waals surface area contributed by atoms with Crippen molar-refractivity contribution < 1.29 is 18.0 Å². The molecule has 114 valence electrons. The van der Waals surface area contributed by atoms with Crippen molar-refractivity contribution in [2.45, 2.75) is 32.5 Å². The molecule has 21 heavy (non-hydrogen) atoms. The van der Waals surface area contributed by atoms with Crippen molar-refractivity contribution in [2.24, 2.45) is 0 Å². The lowest BCUT2D eigenvalue weighted by Gasteiger charge is -2.18. The predicted molar refractivity (Wildman–Crippen MR) is 66.6 cm³/mol. The summed E-state index contributed by atoms with van der Waals surface area (Å²) in [4.78, 5) is 15.0. The number of carbonyl (C=O) groups is 1. The Kier molecular flexibility index (Phi) is 3.47. The van der Waals surface area contributed by atoms with Gasteiger partial charge in [-0.25, -0.2) is 0 Å². The molecular formula is C11H13F3N6O. The summed E-state index contributed by atoms with van der Waals surface area (Å²) in [6, 6.07) is 0. The molecule has 0 aromatic carbocycles. The van der Waals surface area contributed by atoms with E-state index >= 15 is 0 Å². The molecule has 2 rings (SSSR count). The van der Waals surface area contributed by atoms with E-state index in [0.29, 0.717) is 0 Å². The molecule has 0 fully saturated rings. The zero-order valence-corrected chi connectivity index (χ0v) is 11.5. The molecule has 2 aromatic heterocycles. The average Bonchev–Trinajstić information content (AvgIpc) is 2.94. The molecule has 2 N–H and O–H groups in total. The van der Waals surface area contributed by atoms with Gasteiger partial charge in [0.2, 0.25) is 11.8 Å². The van der Waals surface area contributed by atoms with Crippen molar-refractivity contribution in [3.63, 3.8) is 0 Å². The number of aromatic nitrogens is 5. The largest absolute Gasteiger partial charge is 0.451 e. The first-order valence-electron chi connectivity index (χ1n) is 5.93. The van der Waals surface area contributed by atoms with Crippen LogP contribution in [0.2, 0.25) is 0 Å². The molecule has 0 radical (unpaired) electrons. The van der Waals surface area contributed by atoms with E-state index in [9.17, 15) is 18.0 Å². The van der Waals surface area contributed by atoms with Crippen LogP contribution in [0.1, 0.15) is 37.0 Å². The maximum atomic E-state index is 12.3. The molecule has 0 aliphatic heterocycles. The van der Waals surface area contributed by atoms with E-state index in [4.69, 9.17) is 0 Å². The maximum absolute atomic E-state index is 12.3. The summed E-state index contributed by atoms with van der Waals surface area (Å²) in [6.45, 7) is 5.69. The summed E-state index contributed by atoms with van der Waals surface area (Å²) in [6.07, 6.45) is -1.84. The molecule has 0 bridgehead atoms. The average molecular weight is 302 g/mol. The fourth-order valence-electron chi connectivity index (χ4n) is 1.43. The highest BCUT2D eigenvalue weighted by atomic mass is 19.4. The first-order chi connectivity index (χ1) is 9.57. The number of H-pyrrole nitrogens is 1. The zero-order valence-electron chi connectivity index (χ0n) is 11.5. The summed E-state index contributed by atoms with van der Waals surface area (Å²) >= 11 is 0. The third-order valence-electron chi connectivity index (χ3n) is 2.51. The number of aromatic amines is 1. The highest BCUT2D eigenvalue weighted by Gasteiger charge is 2.35. The standard InChI is InChI=1S/C11H13F3N6O/c1-10(2,3)20-5-6(4-15-20)7(21)16-9-17-8(18-19-9)11(12,13)14/h4-5H,1-3H3,(H2,16,17,18,19,21). The Morgan fingerprint density at radius 3 is 2.48 bits per heavy atom. The molecule has 7 nitrogen and oxygen atoms in total. The van der Waals surface area contributed by atoms with Crippen molar-refractivity contribution in [3.8, 4) is 0 Å². The molecule has 0 atom stereocenters. The minimum Gasteiger partial charge on any atom is -0.289 e. The highest BCUT2D eigenvalue weighted by Crippen LogP contribution is 2.26. The van der Waals surface area contributed by atoms with Crippen LogP contribution in [-0.2, 0) is 11.7 Å². The molecule has 10 heteroatoms. The van der Waals surface area contributed by atoms with Crippen LogP contribution in [-0.4, -0.2) is 30.9 Å². The van der Waals surface area contributed by atoms with E-state index in [1.807, 2.05) is 20.8 Å². The van der Waals surface area contributed by atoms with Gasteiger partial charge in [0, 0.05) is 6.20 Å². The topological polar surface area (TPSA) is 88.5 Å². The van der Waals surface area contributed by atoms with Gasteiger partial charge in [-0.15, -0.1) is 5.10 Å². The van der Waals surface area contributed by atoms with Crippen LogP contribution in [0.4, 0.5) is 19.1 Å². The van der Waals surface area contributed by atoms with Crippen molar-refractivity contribution >= 4 is 11.9 Å². The van der Waals surface area contributed by atoms with Crippen LogP contribution >= 0.6 is 0 Å². The van der Waals surface area contributed by atoms with Crippen LogP contribution in [0.3, 0.4) is 0 Å². The molecule has 2 aromatic rings. The number of nitrogens with zero attached hydrogens (tertiary/aromatic N) is 4. The summed E-state index contributed by atoms with van der Waals surface area (Å²) in [7, 11) is 0. The number of alkyl halides is 3. The van der Waals surface area contributed by atoms with Gasteiger partial charge in [0.15, 0.2) is 0 Å². The van der Waals surface area contributed by atoms with Gasteiger partial charge in [0.1, 0.15) is 0 Å². The molecule has 2 heterocycles. The summed E-state index contributed by atoms with van der Waals surface area (Å²) in [5.74, 6) is -2.36. The zero-order chi connectivity index (χ0) is 15.8. The van der Waals surface area contributed by atoms with E-state index < -0.39 is 23.9 Å². The Hall–Kier alpha value is -2.39. The minimum absolute atomic E-state index is 0.197. The second kappa shape index (κ2) is 4.86. The second-order valence-electron chi connectivity index (χ2n) is 5.30. The molecule has 0 unspecified atom stereocenters. The number of anilines is 1. The Bertz CT molecular complexity index is 651. The predicted octanol–water partition coefficient (Wildman–Crippen LogP) is 2.03. The van der Waals surface area contributed by atoms with Crippen molar-refractivity contribution in [1.29, 1.82) is 0 Å². The fourth-order valence-corrected chi connectivity index (χ4v) is 1.43. The molecule has 0 aliphatic carbocycles. The molecule has 0 spiro atoms. The van der Waals surface area contributed by atoms with Crippen LogP contribution in [0.15, 0.2) is 12.4 Å². The van der Waals surface area contributed by atoms with Gasteiger partial charge in [-0.2, -0.15) is 23.3 Å². The van der Waals surface area contributed by atoms with E-state index in [1.54, 1.807) is 9.78 Å². The normalized spacial score (nSPS) is 12.5. The second-order valence-corrected chi connectivity index (χ2v) is 5.30. The first kappa shape index (κ1) is 15.0. The maximum Gasteiger partial charge on any atom is 0.451 e. The van der Waals surface area contributed by atoms with Crippen molar-refractivity contribution in [2.75, 3.05) is 5.32 Å². The first-order valence-corrected chi connectivity index (χ1v) is 5.93. The number of halogens is 3. The summed E-state index contributed by atoms with van der Waals surface area (Å²) < 4.78 is 38.6. The van der Waals surface area contributed by atoms with Crippen molar-refractivity contribution in [3.05, 3.63) is 23.8 Å². The summed E-state index contributed by atoms with van der Waals surface area (Å²) in [5.41, 5.74) is -0.115. The number of carbonyl (C=O) groups excluding carboxylic acids is 1. The highest BCUT2D eigenvalue weighted by molar-refractivity contribution is 6.02. The Labute approximate surface area is 117 Å². The van der Waals surface area contributed by atoms with Gasteiger partial charge in [0.05, 0.1) is 17.3 Å². The van der Waals surface area contributed by atoms with Gasteiger partial charge >= 0.3 is 6.18 Å². The lowest BCUT2D eigenvalue weighted by molar-refractivity contribution is -0.144. The van der Waals surface area contributed by atoms with Gasteiger partial charge in [-0.05, 0) is 20.8 Å². The van der Waals surface area contributed by atoms with Crippen LogP contribution < -0.4 is 5.32 Å². The lowest BCUT2D eigenvalue weighted by atomic mass is 10.1. The van der Waals surface area contributed by atoms with Crippen LogP contribution in [0.25, 0.3) is 0 Å². The van der Waals surface area contributed by atoms with E-state index in [0.717, 1.165) is 0 Å². The smallest absolute Gasteiger partial charge is 0.289 e. The Balaban J connectivity index is 2.11. The van der Waals surface area contributed by atoms with Gasteiger partial charge in [-0.1, -0.05) is 0 Å². The Morgan fingerprint density at radius 2 is 2.00 bits per heavy atom. The SMILES string of the molecule is CC(C)(C)n1cc(C(=O)Nc2n[nH]c(C(F)(F)F)n2)cn1. The molecule has 1 amide bonds. The Morgan fingerprint density at radius 1 is 1.33 bits per heavy atom. The summed E-state index contributed by atoms with van der Waals surface area (Å²) in [5, 5.41) is 11.2. The molecule has 0 saturated carbocycles. The molecule has 0 saturated heterocycles. The van der Waals surface area contributed by atoms with Crippen LogP contribution in [0, 0.1) is 0 Å². The molecular weight excluding hydrogens is 289 g/mol. The van der Waals surface area contributed by atoms with Gasteiger partial charge in [0.25, 0.3) is 5.91 Å². The van der Waals surface area contributed by atoms with E-state index in [1.165, 1.54) is 12.4 Å². The van der Waals surface area contributed by atoms with E-state index in [2.05, 4.69) is 20.5 Å². The van der Waals surface area contributed by atoms with Crippen molar-refractivity contribution in [1.82, 2.24) is 25.0 Å². The number of hydrogen-bond acceptors (Lipinski definition) is 4. The quantitative estimate of drug-likeness (QED) is 0.888. The number of nitrogens with one attached hydrogen (secondary N) is 2. The monoisotopic (exact) mass is 302 g/mol. The number of hydrogen-bond donors (Lipinski definition) is 2. The van der Waals surface area contributed by atoms with E-state index in [-0.39, 0.29) is 11.1 Å². The third kappa shape index (κ3) is 3.38. The molecule has 0 aliphatic rings. The lowest BCUT2D eigenvalue weighted by Crippen LogP contribution is -2.22. The van der Waals surface area contributed by atoms with Gasteiger partial charge in [-0.3, -0.25) is 19.9 Å².